The van der Waals surface area contributed by atoms with Crippen molar-refractivity contribution in [3.05, 3.63) is 93.5 Å². The zero-order valence-corrected chi connectivity index (χ0v) is 24.2. The van der Waals surface area contributed by atoms with Gasteiger partial charge >= 0.3 is 0 Å². The molecule has 2 fully saturated rings. The number of likely N-dealkylation sites (tertiary alicyclic amines) is 1. The maximum absolute atomic E-state index is 13.2. The number of piperidine rings is 1. The summed E-state index contributed by atoms with van der Waals surface area (Å²) >= 11 is 12.6. The minimum atomic E-state index is -0.569. The van der Waals surface area contributed by atoms with Gasteiger partial charge in [-0.3, -0.25) is 14.4 Å². The van der Waals surface area contributed by atoms with Gasteiger partial charge in [-0.15, -0.1) is 0 Å². The minimum absolute atomic E-state index is 0.0263. The van der Waals surface area contributed by atoms with E-state index in [1.165, 1.54) is 0 Å². The molecule has 3 aromatic carbocycles. The van der Waals surface area contributed by atoms with Crippen LogP contribution in [-0.2, 0) is 14.4 Å². The molecule has 3 amide bonds. The van der Waals surface area contributed by atoms with E-state index in [1.54, 1.807) is 40.1 Å². The van der Waals surface area contributed by atoms with E-state index >= 15 is 0 Å². The van der Waals surface area contributed by atoms with Crippen molar-refractivity contribution >= 4 is 52.3 Å². The summed E-state index contributed by atoms with van der Waals surface area (Å²) in [4.78, 5) is 42.4. The molecule has 7 nitrogen and oxygen atoms in total. The molecule has 2 aliphatic rings. The van der Waals surface area contributed by atoms with E-state index in [9.17, 15) is 19.6 Å². The molecule has 9 heteroatoms. The maximum atomic E-state index is 13.2. The third-order valence-electron chi connectivity index (χ3n) is 7.96. The number of rotatable bonds is 6. The van der Waals surface area contributed by atoms with Crippen LogP contribution in [0.4, 0.5) is 11.4 Å². The largest absolute Gasteiger partial charge is 0.342 e. The smallest absolute Gasteiger partial charge is 0.228 e. The van der Waals surface area contributed by atoms with Crippen molar-refractivity contribution in [2.75, 3.05) is 29.9 Å². The maximum Gasteiger partial charge on any atom is 0.228 e. The molecule has 1 N–H and O–H groups in total. The van der Waals surface area contributed by atoms with Crippen LogP contribution >= 0.6 is 23.2 Å². The van der Waals surface area contributed by atoms with Gasteiger partial charge < -0.3 is 15.1 Å². The number of para-hydroxylation sites is 1. The van der Waals surface area contributed by atoms with Crippen LogP contribution in [0.25, 0.3) is 0 Å². The lowest BCUT2D eigenvalue weighted by Gasteiger charge is -2.33. The van der Waals surface area contributed by atoms with Gasteiger partial charge in [0.2, 0.25) is 17.7 Å². The fraction of sp³-hybridized carbons (Fsp3) is 0.312. The Morgan fingerprint density at radius 1 is 1.00 bits per heavy atom. The van der Waals surface area contributed by atoms with Crippen LogP contribution in [0.2, 0.25) is 10.0 Å². The zero-order chi connectivity index (χ0) is 29.1. The fourth-order valence-corrected chi connectivity index (χ4v) is 6.02. The number of nitrogens with one attached hydrogen (secondary N) is 1. The molecule has 210 valence electrons. The van der Waals surface area contributed by atoms with Gasteiger partial charge in [0.1, 0.15) is 0 Å². The lowest BCUT2D eigenvalue weighted by Crippen LogP contribution is -2.44. The molecule has 0 radical (unpaired) electrons. The summed E-state index contributed by atoms with van der Waals surface area (Å²) in [6.07, 6.45) is 1.28. The van der Waals surface area contributed by atoms with Crippen LogP contribution < -0.4 is 10.2 Å². The SMILES string of the molecule is Cc1cc(C(C#N)c2ccc(Cl)cc2)c(Cl)cc1NC(=O)C1CCN(C(=O)C2CC(=O)N(c3ccccc3)C2)CC1. The van der Waals surface area contributed by atoms with Crippen LogP contribution in [0.1, 0.15) is 41.9 Å². The molecule has 2 heterocycles. The number of nitriles is 1. The predicted octanol–water partition coefficient (Wildman–Crippen LogP) is 6.19. The van der Waals surface area contributed by atoms with Gasteiger partial charge in [-0.25, -0.2) is 0 Å². The summed E-state index contributed by atoms with van der Waals surface area (Å²) < 4.78 is 0. The Labute approximate surface area is 249 Å². The number of carbonyl (C=O) groups excluding carboxylic acids is 3. The topological polar surface area (TPSA) is 93.5 Å². The number of hydrogen-bond acceptors (Lipinski definition) is 4. The molecule has 2 saturated heterocycles. The Balaban J connectivity index is 1.18. The number of anilines is 2. The van der Waals surface area contributed by atoms with E-state index < -0.39 is 5.92 Å². The highest BCUT2D eigenvalue weighted by atomic mass is 35.5. The molecule has 2 unspecified atom stereocenters. The highest BCUT2D eigenvalue weighted by Crippen LogP contribution is 2.35. The lowest BCUT2D eigenvalue weighted by molar-refractivity contribution is -0.138. The number of benzene rings is 3. The number of carbonyl (C=O) groups is 3. The van der Waals surface area contributed by atoms with Crippen molar-refractivity contribution in [2.24, 2.45) is 11.8 Å². The highest BCUT2D eigenvalue weighted by molar-refractivity contribution is 6.32. The lowest BCUT2D eigenvalue weighted by atomic mass is 9.91. The zero-order valence-electron chi connectivity index (χ0n) is 22.6. The quantitative estimate of drug-likeness (QED) is 0.371. The number of halogens is 2. The normalized spacial score (nSPS) is 18.2. The second-order valence-electron chi connectivity index (χ2n) is 10.6. The van der Waals surface area contributed by atoms with Crippen molar-refractivity contribution in [3.8, 4) is 6.07 Å². The van der Waals surface area contributed by atoms with Crippen molar-refractivity contribution in [1.82, 2.24) is 4.90 Å². The summed E-state index contributed by atoms with van der Waals surface area (Å²) in [5.74, 6) is -1.38. The van der Waals surface area contributed by atoms with Gasteiger partial charge in [0.25, 0.3) is 0 Å². The van der Waals surface area contributed by atoms with Gasteiger partial charge in [-0.05, 0) is 66.8 Å². The van der Waals surface area contributed by atoms with Crippen molar-refractivity contribution in [3.63, 3.8) is 0 Å². The molecule has 2 aliphatic heterocycles. The molecule has 0 saturated carbocycles. The van der Waals surface area contributed by atoms with Crippen molar-refractivity contribution < 1.29 is 14.4 Å². The van der Waals surface area contributed by atoms with E-state index in [0.717, 1.165) is 16.8 Å². The predicted molar refractivity (Wildman–Crippen MR) is 160 cm³/mol. The summed E-state index contributed by atoms with van der Waals surface area (Å²) in [5.41, 5.74) is 3.65. The van der Waals surface area contributed by atoms with Gasteiger partial charge in [0.05, 0.1) is 17.9 Å². The fourth-order valence-electron chi connectivity index (χ4n) is 5.62. The third-order valence-corrected chi connectivity index (χ3v) is 8.54. The van der Waals surface area contributed by atoms with E-state index in [1.807, 2.05) is 43.3 Å². The van der Waals surface area contributed by atoms with Gasteiger partial charge in [0, 0.05) is 53.4 Å². The monoisotopic (exact) mass is 588 g/mol. The van der Waals surface area contributed by atoms with E-state index in [2.05, 4.69) is 11.4 Å². The second kappa shape index (κ2) is 12.3. The van der Waals surface area contributed by atoms with Crippen LogP contribution in [0, 0.1) is 30.1 Å². The number of nitrogens with zero attached hydrogens (tertiary/aromatic N) is 3. The van der Waals surface area contributed by atoms with Crippen LogP contribution in [0.15, 0.2) is 66.7 Å². The van der Waals surface area contributed by atoms with E-state index in [-0.39, 0.29) is 36.0 Å². The Morgan fingerprint density at radius 3 is 2.34 bits per heavy atom. The number of aryl methyl sites for hydroxylation is 1. The Morgan fingerprint density at radius 2 is 1.68 bits per heavy atom. The Hall–Kier alpha value is -3.86. The molecule has 0 aliphatic carbocycles. The standard InChI is InChI=1S/C32H30Cl2N4O3/c1-20-15-26(27(18-35)21-7-9-24(33)10-8-21)28(34)17-29(20)36-31(40)22-11-13-37(14-12-22)32(41)23-16-30(39)38(19-23)25-5-3-2-4-6-25/h2-10,15,17,22-23,27H,11-14,16,19H2,1H3,(H,36,40). The average molecular weight is 590 g/mol. The first kappa shape index (κ1) is 28.7. The molecule has 5 rings (SSSR count). The molecule has 0 bridgehead atoms. The van der Waals surface area contributed by atoms with Crippen molar-refractivity contribution in [1.29, 1.82) is 5.26 Å². The van der Waals surface area contributed by atoms with Gasteiger partial charge in [0.15, 0.2) is 0 Å². The van der Waals surface area contributed by atoms with Gasteiger partial charge in [-0.1, -0.05) is 59.6 Å². The number of amides is 3. The molecule has 0 aromatic heterocycles. The first-order chi connectivity index (χ1) is 19.7. The second-order valence-corrected chi connectivity index (χ2v) is 11.5. The molecule has 0 spiro atoms. The summed E-state index contributed by atoms with van der Waals surface area (Å²) in [6, 6.07) is 22.3. The van der Waals surface area contributed by atoms with Crippen molar-refractivity contribution in [2.45, 2.75) is 32.1 Å². The number of hydrogen-bond donors (Lipinski definition) is 1. The molecule has 2 atom stereocenters. The first-order valence-corrected chi connectivity index (χ1v) is 14.4. The molecule has 3 aromatic rings. The summed E-state index contributed by atoms with van der Waals surface area (Å²) in [5, 5.41) is 13.8. The summed E-state index contributed by atoms with van der Waals surface area (Å²) in [6.45, 7) is 3.19. The van der Waals surface area contributed by atoms with Crippen LogP contribution in [-0.4, -0.2) is 42.3 Å². The van der Waals surface area contributed by atoms with Crippen LogP contribution in [0.5, 0.6) is 0 Å². The van der Waals surface area contributed by atoms with E-state index in [0.29, 0.717) is 53.8 Å². The molecular weight excluding hydrogens is 559 g/mol. The first-order valence-electron chi connectivity index (χ1n) is 13.7. The highest BCUT2D eigenvalue weighted by Gasteiger charge is 2.38. The molecular formula is C32H30Cl2N4O3. The van der Waals surface area contributed by atoms with Crippen LogP contribution in [0.3, 0.4) is 0 Å². The molecule has 41 heavy (non-hydrogen) atoms. The Bertz CT molecular complexity index is 1500. The minimum Gasteiger partial charge on any atom is -0.342 e. The van der Waals surface area contributed by atoms with Gasteiger partial charge in [-0.2, -0.15) is 5.26 Å². The average Bonchev–Trinajstić information content (AvgIpc) is 3.38. The summed E-state index contributed by atoms with van der Waals surface area (Å²) in [7, 11) is 0. The Kier molecular flexibility index (Phi) is 8.63. The third kappa shape index (κ3) is 6.24. The van der Waals surface area contributed by atoms with E-state index in [4.69, 9.17) is 23.2 Å².